The van der Waals surface area contributed by atoms with Crippen LogP contribution < -0.4 is 21.5 Å². The first-order valence-electron chi connectivity index (χ1n) is 9.66. The lowest BCUT2D eigenvalue weighted by Crippen LogP contribution is -2.43. The summed E-state index contributed by atoms with van der Waals surface area (Å²) in [4.78, 5) is 37.9. The molecule has 4 N–H and O–H groups in total. The molecule has 2 aromatic carbocycles. The molecule has 1 heterocycles. The van der Waals surface area contributed by atoms with Gasteiger partial charge < -0.3 is 11.1 Å². The van der Waals surface area contributed by atoms with Gasteiger partial charge in [-0.25, -0.2) is 5.43 Å². The van der Waals surface area contributed by atoms with Gasteiger partial charge in [-0.2, -0.15) is 20.5 Å². The highest BCUT2D eigenvalue weighted by Crippen LogP contribution is 2.24. The zero-order valence-electron chi connectivity index (χ0n) is 17.5. The molecule has 1 atom stereocenters. The molecule has 0 bridgehead atoms. The van der Waals surface area contributed by atoms with Crippen LogP contribution in [0, 0.1) is 31.1 Å². The van der Waals surface area contributed by atoms with Crippen LogP contribution in [0.25, 0.3) is 0 Å². The van der Waals surface area contributed by atoms with Crippen LogP contribution in [0.5, 0.6) is 0 Å². The minimum Gasteiger partial charge on any atom is -0.385 e. The number of nitrogens with zero attached hydrogens (tertiary/aromatic N) is 4. The Balaban J connectivity index is 1.93. The molecular weight excluding hydrogens is 410 g/mol. The summed E-state index contributed by atoms with van der Waals surface area (Å²) in [6.07, 6.45) is -0.464. The molecular formula is C22H21N7O3. The van der Waals surface area contributed by atoms with Gasteiger partial charge in [0.25, 0.3) is 17.7 Å². The molecule has 1 unspecified atom stereocenters. The van der Waals surface area contributed by atoms with Crippen LogP contribution >= 0.6 is 0 Å². The van der Waals surface area contributed by atoms with Crippen molar-refractivity contribution in [1.29, 1.82) is 5.26 Å². The van der Waals surface area contributed by atoms with E-state index < -0.39 is 30.1 Å². The molecule has 10 nitrogen and oxygen atoms in total. The van der Waals surface area contributed by atoms with E-state index >= 15 is 0 Å². The number of carbonyl (C=O) groups is 3. The van der Waals surface area contributed by atoms with Gasteiger partial charge in [0.05, 0.1) is 11.8 Å². The summed E-state index contributed by atoms with van der Waals surface area (Å²) in [6.45, 7) is 3.83. The third-order valence-corrected chi connectivity index (χ3v) is 4.78. The molecule has 3 rings (SSSR count). The summed E-state index contributed by atoms with van der Waals surface area (Å²) in [7, 11) is 0. The van der Waals surface area contributed by atoms with E-state index in [1.807, 2.05) is 19.9 Å². The number of hydrazone groups is 2. The quantitative estimate of drug-likeness (QED) is 0.468. The highest BCUT2D eigenvalue weighted by molar-refractivity contribution is 6.52. The third kappa shape index (κ3) is 4.79. The van der Waals surface area contributed by atoms with E-state index in [2.05, 4.69) is 20.9 Å². The van der Waals surface area contributed by atoms with Gasteiger partial charge in [-0.05, 0) is 49.2 Å². The average Bonchev–Trinajstić information content (AvgIpc) is 3.06. The minimum absolute atomic E-state index is 0.151. The normalized spacial score (nSPS) is 15.7. The second kappa shape index (κ2) is 9.53. The Morgan fingerprint density at radius 2 is 1.91 bits per heavy atom. The largest absolute Gasteiger partial charge is 0.385 e. The first-order chi connectivity index (χ1) is 15.3. The number of hydrogen-bond donors (Lipinski definition) is 3. The van der Waals surface area contributed by atoms with Crippen molar-refractivity contribution in [2.75, 3.05) is 10.3 Å². The van der Waals surface area contributed by atoms with E-state index in [0.717, 1.165) is 16.1 Å². The fourth-order valence-electron chi connectivity index (χ4n) is 2.98. The fraction of sp³-hybridized carbons (Fsp3) is 0.182. The SMILES string of the molecule is Cc1ccc(NC(=O)/C(=N/NC(=O)CC#N)C2C(=O)N(c3ccccc3)N=C2N)cc1C. The second-order valence-corrected chi connectivity index (χ2v) is 7.06. The lowest BCUT2D eigenvalue weighted by molar-refractivity contribution is -0.120. The maximum Gasteiger partial charge on any atom is 0.273 e. The van der Waals surface area contributed by atoms with Crippen LogP contribution in [0.1, 0.15) is 17.5 Å². The molecule has 32 heavy (non-hydrogen) atoms. The number of nitrogens with one attached hydrogen (secondary N) is 2. The number of rotatable bonds is 6. The van der Waals surface area contributed by atoms with E-state index in [1.165, 1.54) is 0 Å². The lowest BCUT2D eigenvalue weighted by atomic mass is 10.0. The van der Waals surface area contributed by atoms with Gasteiger partial charge in [-0.1, -0.05) is 24.3 Å². The Kier molecular flexibility index (Phi) is 6.60. The Morgan fingerprint density at radius 3 is 2.56 bits per heavy atom. The molecule has 1 aliphatic rings. The number of carbonyl (C=O) groups excluding carboxylic acids is 3. The van der Waals surface area contributed by atoms with Crippen LogP contribution in [0.15, 0.2) is 58.7 Å². The Labute approximate surface area is 184 Å². The van der Waals surface area contributed by atoms with Gasteiger partial charge in [-0.3, -0.25) is 14.4 Å². The van der Waals surface area contributed by atoms with Crippen molar-refractivity contribution in [2.24, 2.45) is 21.9 Å². The number of amides is 3. The van der Waals surface area contributed by atoms with E-state index in [9.17, 15) is 14.4 Å². The van der Waals surface area contributed by atoms with Crippen molar-refractivity contribution in [3.63, 3.8) is 0 Å². The van der Waals surface area contributed by atoms with Gasteiger partial charge in [0.2, 0.25) is 0 Å². The zero-order chi connectivity index (χ0) is 23.3. The topological polar surface area (TPSA) is 153 Å². The maximum absolute atomic E-state index is 13.1. The summed E-state index contributed by atoms with van der Waals surface area (Å²) >= 11 is 0. The van der Waals surface area contributed by atoms with Crippen LogP contribution in [-0.4, -0.2) is 29.3 Å². The Hall–Kier alpha value is -4.52. The first kappa shape index (κ1) is 22.2. The number of benzene rings is 2. The van der Waals surface area contributed by atoms with E-state index in [0.29, 0.717) is 11.4 Å². The molecule has 0 aromatic heterocycles. The van der Waals surface area contributed by atoms with E-state index in [1.54, 1.807) is 48.5 Å². The minimum atomic E-state index is -1.32. The molecule has 162 valence electrons. The van der Waals surface area contributed by atoms with Crippen molar-refractivity contribution < 1.29 is 14.4 Å². The monoisotopic (exact) mass is 431 g/mol. The van der Waals surface area contributed by atoms with Crippen molar-refractivity contribution >= 4 is 40.6 Å². The molecule has 0 saturated carbocycles. The van der Waals surface area contributed by atoms with Crippen molar-refractivity contribution in [1.82, 2.24) is 5.43 Å². The van der Waals surface area contributed by atoms with Gasteiger partial charge in [0.15, 0.2) is 0 Å². The highest BCUT2D eigenvalue weighted by atomic mass is 16.2. The number of nitrogens with two attached hydrogens (primary N) is 1. The van der Waals surface area contributed by atoms with Crippen LogP contribution in [-0.2, 0) is 14.4 Å². The summed E-state index contributed by atoms with van der Waals surface area (Å²) in [5, 5.41) is 20.3. The number of amidine groups is 1. The van der Waals surface area contributed by atoms with Gasteiger partial charge in [0.1, 0.15) is 23.9 Å². The number of nitriles is 1. The number of para-hydroxylation sites is 1. The number of anilines is 2. The van der Waals surface area contributed by atoms with Crippen molar-refractivity contribution in [2.45, 2.75) is 20.3 Å². The fourth-order valence-corrected chi connectivity index (χ4v) is 2.98. The zero-order valence-corrected chi connectivity index (χ0v) is 17.5. The predicted molar refractivity (Wildman–Crippen MR) is 119 cm³/mol. The Morgan fingerprint density at radius 1 is 1.19 bits per heavy atom. The summed E-state index contributed by atoms with van der Waals surface area (Å²) in [5.41, 5.74) is 10.7. The van der Waals surface area contributed by atoms with Crippen LogP contribution in [0.4, 0.5) is 11.4 Å². The molecule has 10 heteroatoms. The van der Waals surface area contributed by atoms with Crippen molar-refractivity contribution in [3.8, 4) is 6.07 Å². The first-order valence-corrected chi connectivity index (χ1v) is 9.66. The second-order valence-electron chi connectivity index (χ2n) is 7.06. The predicted octanol–water partition coefficient (Wildman–Crippen LogP) is 1.56. The molecule has 2 aromatic rings. The lowest BCUT2D eigenvalue weighted by Gasteiger charge is -2.16. The Bertz CT molecular complexity index is 1170. The summed E-state index contributed by atoms with van der Waals surface area (Å²) < 4.78 is 0. The highest BCUT2D eigenvalue weighted by Gasteiger charge is 2.42. The standard InChI is InChI=1S/C22H21N7O3/c1-13-8-9-15(12-14(13)2)25-21(31)19(27-26-17(30)10-11-23)18-20(24)28-29(22(18)32)16-6-4-3-5-7-16/h3-9,12,18H,10H2,1-2H3,(H2,24,28)(H,25,31)(H,26,30)/b27-19+. The van der Waals surface area contributed by atoms with Gasteiger partial charge >= 0.3 is 0 Å². The van der Waals surface area contributed by atoms with Crippen LogP contribution in [0.2, 0.25) is 0 Å². The molecule has 1 aliphatic heterocycles. The number of hydrogen-bond acceptors (Lipinski definition) is 7. The molecule has 0 saturated heterocycles. The molecule has 0 radical (unpaired) electrons. The van der Waals surface area contributed by atoms with Crippen LogP contribution in [0.3, 0.4) is 0 Å². The molecule has 0 aliphatic carbocycles. The van der Waals surface area contributed by atoms with Gasteiger partial charge in [0, 0.05) is 5.69 Å². The number of aryl methyl sites for hydroxylation is 2. The van der Waals surface area contributed by atoms with Gasteiger partial charge in [-0.15, -0.1) is 0 Å². The van der Waals surface area contributed by atoms with E-state index in [-0.39, 0.29) is 11.5 Å². The smallest absolute Gasteiger partial charge is 0.273 e. The summed E-state index contributed by atoms with van der Waals surface area (Å²) in [5.74, 6) is -3.54. The summed E-state index contributed by atoms with van der Waals surface area (Å²) in [6, 6.07) is 15.6. The average molecular weight is 431 g/mol. The molecule has 0 fully saturated rings. The molecule has 0 spiro atoms. The molecule has 3 amide bonds. The van der Waals surface area contributed by atoms with Crippen molar-refractivity contribution in [3.05, 3.63) is 59.7 Å². The third-order valence-electron chi connectivity index (χ3n) is 4.78. The maximum atomic E-state index is 13.1. The van der Waals surface area contributed by atoms with E-state index in [4.69, 9.17) is 11.0 Å².